The average molecular weight is 290 g/mol. The van der Waals surface area contributed by atoms with Crippen molar-refractivity contribution in [2.75, 3.05) is 62.4 Å². The number of benzene rings is 1. The van der Waals surface area contributed by atoms with E-state index in [-0.39, 0.29) is 0 Å². The lowest BCUT2D eigenvalue weighted by atomic mass is 9.98. The summed E-state index contributed by atoms with van der Waals surface area (Å²) in [7, 11) is 0. The van der Waals surface area contributed by atoms with Crippen molar-refractivity contribution in [3.05, 3.63) is 22.8 Å². The predicted octanol–water partition coefficient (Wildman–Crippen LogP) is 2.29. The number of ether oxygens (including phenoxy) is 2. The fraction of sp³-hybridized carbons (Fsp3) is 0.647. The standard InChI is InChI=1S/C17H26N2O2/c1-13-14(2)16(18-4-8-20-9-5-18)12-17(15(13)3)19-6-10-21-11-7-19/h12H,4-11H2,1-3H3. The highest BCUT2D eigenvalue weighted by Crippen LogP contribution is 2.34. The van der Waals surface area contributed by atoms with E-state index in [0.717, 1.165) is 52.6 Å². The molecule has 0 amide bonds. The van der Waals surface area contributed by atoms with Crippen molar-refractivity contribution in [2.24, 2.45) is 0 Å². The van der Waals surface area contributed by atoms with E-state index >= 15 is 0 Å². The van der Waals surface area contributed by atoms with Crippen molar-refractivity contribution in [1.29, 1.82) is 0 Å². The largest absolute Gasteiger partial charge is 0.378 e. The number of hydrogen-bond donors (Lipinski definition) is 0. The topological polar surface area (TPSA) is 24.9 Å². The molecule has 0 bridgehead atoms. The highest BCUT2D eigenvalue weighted by molar-refractivity contribution is 5.70. The van der Waals surface area contributed by atoms with Gasteiger partial charge >= 0.3 is 0 Å². The minimum absolute atomic E-state index is 0.833. The van der Waals surface area contributed by atoms with E-state index in [1.54, 1.807) is 0 Å². The Hall–Kier alpha value is -1.26. The number of hydrogen-bond acceptors (Lipinski definition) is 4. The molecule has 4 heteroatoms. The van der Waals surface area contributed by atoms with Crippen LogP contribution < -0.4 is 9.80 Å². The molecule has 1 aromatic rings. The van der Waals surface area contributed by atoms with Crippen LogP contribution in [0.2, 0.25) is 0 Å². The molecule has 2 aliphatic heterocycles. The Balaban J connectivity index is 1.97. The quantitative estimate of drug-likeness (QED) is 0.834. The SMILES string of the molecule is Cc1c(N2CCOCC2)cc(N2CCOCC2)c(C)c1C. The Bertz CT molecular complexity index is 462. The molecule has 0 radical (unpaired) electrons. The molecule has 2 fully saturated rings. The molecule has 0 spiro atoms. The summed E-state index contributed by atoms with van der Waals surface area (Å²) < 4.78 is 11.0. The third kappa shape index (κ3) is 2.87. The second-order valence-corrected chi connectivity index (χ2v) is 5.99. The molecule has 0 aromatic heterocycles. The Kier molecular flexibility index (Phi) is 4.36. The Morgan fingerprint density at radius 1 is 0.667 bits per heavy atom. The number of rotatable bonds is 2. The van der Waals surface area contributed by atoms with E-state index < -0.39 is 0 Å². The van der Waals surface area contributed by atoms with E-state index in [1.165, 1.54) is 28.1 Å². The van der Waals surface area contributed by atoms with Crippen LogP contribution in [0.15, 0.2) is 6.07 Å². The summed E-state index contributed by atoms with van der Waals surface area (Å²) in [6, 6.07) is 2.38. The van der Waals surface area contributed by atoms with Gasteiger partial charge in [-0.2, -0.15) is 0 Å². The van der Waals surface area contributed by atoms with Gasteiger partial charge in [-0.05, 0) is 43.5 Å². The van der Waals surface area contributed by atoms with Gasteiger partial charge in [0.1, 0.15) is 0 Å². The van der Waals surface area contributed by atoms with Crippen LogP contribution in [0.3, 0.4) is 0 Å². The van der Waals surface area contributed by atoms with Crippen LogP contribution in [-0.2, 0) is 9.47 Å². The van der Waals surface area contributed by atoms with Crippen molar-refractivity contribution in [1.82, 2.24) is 0 Å². The molecule has 1 aromatic carbocycles. The molecule has 2 heterocycles. The minimum atomic E-state index is 0.833. The molecular formula is C17H26N2O2. The normalized spacial score (nSPS) is 20.0. The monoisotopic (exact) mass is 290 g/mol. The van der Waals surface area contributed by atoms with E-state index in [4.69, 9.17) is 9.47 Å². The summed E-state index contributed by atoms with van der Waals surface area (Å²) >= 11 is 0. The molecule has 4 nitrogen and oxygen atoms in total. The molecule has 21 heavy (non-hydrogen) atoms. The van der Waals surface area contributed by atoms with Gasteiger partial charge in [0.05, 0.1) is 26.4 Å². The van der Waals surface area contributed by atoms with Crippen molar-refractivity contribution in [3.63, 3.8) is 0 Å². The van der Waals surface area contributed by atoms with E-state index in [0.29, 0.717) is 0 Å². The summed E-state index contributed by atoms with van der Waals surface area (Å²) in [6.07, 6.45) is 0. The van der Waals surface area contributed by atoms with E-state index in [1.807, 2.05) is 0 Å². The van der Waals surface area contributed by atoms with Crippen LogP contribution in [0, 0.1) is 20.8 Å². The van der Waals surface area contributed by atoms with Gasteiger partial charge in [0.15, 0.2) is 0 Å². The fourth-order valence-corrected chi connectivity index (χ4v) is 3.28. The lowest BCUT2D eigenvalue weighted by molar-refractivity contribution is 0.122. The van der Waals surface area contributed by atoms with Crippen molar-refractivity contribution >= 4 is 11.4 Å². The highest BCUT2D eigenvalue weighted by atomic mass is 16.5. The van der Waals surface area contributed by atoms with Crippen molar-refractivity contribution in [3.8, 4) is 0 Å². The number of nitrogens with zero attached hydrogens (tertiary/aromatic N) is 2. The Morgan fingerprint density at radius 3 is 1.43 bits per heavy atom. The maximum absolute atomic E-state index is 5.49. The Morgan fingerprint density at radius 2 is 1.05 bits per heavy atom. The minimum Gasteiger partial charge on any atom is -0.378 e. The van der Waals surface area contributed by atoms with Crippen molar-refractivity contribution < 1.29 is 9.47 Å². The van der Waals surface area contributed by atoms with Crippen molar-refractivity contribution in [2.45, 2.75) is 20.8 Å². The van der Waals surface area contributed by atoms with Gasteiger partial charge in [0, 0.05) is 37.6 Å². The third-order valence-electron chi connectivity index (χ3n) is 4.87. The lowest BCUT2D eigenvalue weighted by Gasteiger charge is -2.35. The summed E-state index contributed by atoms with van der Waals surface area (Å²) in [4.78, 5) is 4.93. The third-order valence-corrected chi connectivity index (χ3v) is 4.87. The first-order valence-corrected chi connectivity index (χ1v) is 7.94. The van der Waals surface area contributed by atoms with E-state index in [9.17, 15) is 0 Å². The molecule has 0 aliphatic carbocycles. The summed E-state index contributed by atoms with van der Waals surface area (Å²) in [5.74, 6) is 0. The lowest BCUT2D eigenvalue weighted by Crippen LogP contribution is -2.38. The van der Waals surface area contributed by atoms with Crippen LogP contribution in [0.25, 0.3) is 0 Å². The number of morpholine rings is 2. The molecule has 0 unspecified atom stereocenters. The maximum Gasteiger partial charge on any atom is 0.0642 e. The second kappa shape index (κ2) is 6.24. The molecule has 3 rings (SSSR count). The summed E-state index contributed by atoms with van der Waals surface area (Å²) in [6.45, 7) is 14.0. The fourth-order valence-electron chi connectivity index (χ4n) is 3.28. The smallest absolute Gasteiger partial charge is 0.0642 e. The molecule has 116 valence electrons. The maximum atomic E-state index is 5.49. The van der Waals surface area contributed by atoms with Crippen LogP contribution in [-0.4, -0.2) is 52.6 Å². The molecule has 0 saturated carbocycles. The van der Waals surface area contributed by atoms with Gasteiger partial charge in [0.25, 0.3) is 0 Å². The predicted molar refractivity (Wildman–Crippen MR) is 86.7 cm³/mol. The van der Waals surface area contributed by atoms with Gasteiger partial charge in [-0.15, -0.1) is 0 Å². The zero-order valence-electron chi connectivity index (χ0n) is 13.4. The van der Waals surface area contributed by atoms with Gasteiger partial charge in [-0.1, -0.05) is 0 Å². The van der Waals surface area contributed by atoms with Gasteiger partial charge in [-0.3, -0.25) is 0 Å². The Labute approximate surface area is 127 Å². The van der Waals surface area contributed by atoms with Crippen LogP contribution in [0.4, 0.5) is 11.4 Å². The van der Waals surface area contributed by atoms with Gasteiger partial charge < -0.3 is 19.3 Å². The zero-order valence-corrected chi connectivity index (χ0v) is 13.4. The highest BCUT2D eigenvalue weighted by Gasteiger charge is 2.20. The zero-order chi connectivity index (χ0) is 14.8. The first kappa shape index (κ1) is 14.7. The van der Waals surface area contributed by atoms with Crippen LogP contribution in [0.5, 0.6) is 0 Å². The molecule has 2 aliphatic rings. The van der Waals surface area contributed by atoms with Gasteiger partial charge in [-0.25, -0.2) is 0 Å². The average Bonchev–Trinajstić information content (AvgIpc) is 2.55. The summed E-state index contributed by atoms with van der Waals surface area (Å²) in [5.41, 5.74) is 6.99. The van der Waals surface area contributed by atoms with Gasteiger partial charge in [0.2, 0.25) is 0 Å². The number of anilines is 2. The first-order valence-electron chi connectivity index (χ1n) is 7.94. The first-order chi connectivity index (χ1) is 10.2. The van der Waals surface area contributed by atoms with Crippen LogP contribution >= 0.6 is 0 Å². The van der Waals surface area contributed by atoms with E-state index in [2.05, 4.69) is 36.6 Å². The summed E-state index contributed by atoms with van der Waals surface area (Å²) in [5, 5.41) is 0. The molecule has 0 atom stereocenters. The molecular weight excluding hydrogens is 264 g/mol. The molecule has 2 saturated heterocycles. The second-order valence-electron chi connectivity index (χ2n) is 5.99. The van der Waals surface area contributed by atoms with Crippen LogP contribution in [0.1, 0.15) is 16.7 Å². The molecule has 0 N–H and O–H groups in total.